The predicted molar refractivity (Wildman–Crippen MR) is 45.3 cm³/mol. The predicted octanol–water partition coefficient (Wildman–Crippen LogP) is 1.93. The van der Waals surface area contributed by atoms with E-state index in [1.165, 1.54) is 24.3 Å². The van der Waals surface area contributed by atoms with Gasteiger partial charge in [-0.15, -0.1) is 0 Å². The summed E-state index contributed by atoms with van der Waals surface area (Å²) >= 11 is 0. The third-order valence-electron chi connectivity index (χ3n) is 1.03. The minimum atomic E-state index is -0.289. The molecule has 0 fully saturated rings. The molecule has 0 aliphatic rings. The Morgan fingerprint density at radius 2 is 2.00 bits per heavy atom. The lowest BCUT2D eigenvalue weighted by atomic mass is 10.2. The molecule has 0 aromatic heterocycles. The second-order valence-corrected chi connectivity index (χ2v) is 1.75. The molecule has 11 heavy (non-hydrogen) atoms. The molecule has 0 bridgehead atoms. The lowest BCUT2D eigenvalue weighted by Gasteiger charge is -1.90. The van der Waals surface area contributed by atoms with E-state index in [9.17, 15) is 4.79 Å². The third-order valence-corrected chi connectivity index (χ3v) is 1.03. The zero-order valence-corrected chi connectivity index (χ0v) is 6.16. The molecule has 0 heterocycles. The van der Waals surface area contributed by atoms with Crippen molar-refractivity contribution in [2.75, 3.05) is 0 Å². The number of hydrogen-bond donors (Lipinski definition) is 1. The van der Waals surface area contributed by atoms with Gasteiger partial charge in [-0.25, -0.2) is 0 Å². The molecule has 0 aromatic rings. The topological polar surface area (TPSA) is 37.3 Å². The van der Waals surface area contributed by atoms with E-state index in [2.05, 4.69) is 13.2 Å². The molecule has 0 saturated heterocycles. The van der Waals surface area contributed by atoms with Crippen molar-refractivity contribution >= 4 is 5.78 Å². The van der Waals surface area contributed by atoms with Crippen LogP contribution in [0.3, 0.4) is 0 Å². The van der Waals surface area contributed by atoms with Crippen LogP contribution in [0, 0.1) is 0 Å². The van der Waals surface area contributed by atoms with Gasteiger partial charge >= 0.3 is 0 Å². The number of carbonyl (C=O) groups excluding carboxylic acids is 1. The molecule has 2 heteroatoms. The monoisotopic (exact) mass is 150 g/mol. The van der Waals surface area contributed by atoms with Gasteiger partial charge in [-0.1, -0.05) is 31.4 Å². The molecule has 0 radical (unpaired) electrons. The number of ketones is 1. The smallest absolute Gasteiger partial charge is 0.188 e. The number of carbonyl (C=O) groups is 1. The molecule has 0 amide bonds. The summed E-state index contributed by atoms with van der Waals surface area (Å²) in [6.45, 7) is 6.75. The summed E-state index contributed by atoms with van der Waals surface area (Å²) < 4.78 is 0. The highest BCUT2D eigenvalue weighted by atomic mass is 16.2. The van der Waals surface area contributed by atoms with Crippen LogP contribution < -0.4 is 0 Å². The van der Waals surface area contributed by atoms with Crippen LogP contribution in [-0.4, -0.2) is 10.9 Å². The Morgan fingerprint density at radius 1 is 1.36 bits per heavy atom. The van der Waals surface area contributed by atoms with Crippen molar-refractivity contribution in [3.8, 4) is 0 Å². The number of rotatable bonds is 4. The van der Waals surface area contributed by atoms with Gasteiger partial charge in [0.2, 0.25) is 0 Å². The van der Waals surface area contributed by atoms with Crippen molar-refractivity contribution in [3.63, 3.8) is 0 Å². The molecule has 0 atom stereocenters. The zero-order valence-electron chi connectivity index (χ0n) is 6.16. The molecular formula is C9H10O2. The van der Waals surface area contributed by atoms with Crippen molar-refractivity contribution in [3.05, 3.63) is 49.3 Å². The van der Waals surface area contributed by atoms with Gasteiger partial charge in [0.1, 0.15) is 0 Å². The number of aliphatic hydroxyl groups excluding tert-OH is 1. The maximum atomic E-state index is 10.9. The Balaban J connectivity index is 4.35. The first kappa shape index (κ1) is 9.43. The molecule has 0 spiro atoms. The Morgan fingerprint density at radius 3 is 2.36 bits per heavy atom. The first-order chi connectivity index (χ1) is 5.26. The second kappa shape index (κ2) is 5.23. The molecule has 0 unspecified atom stereocenters. The second-order valence-electron chi connectivity index (χ2n) is 1.75. The average molecular weight is 150 g/mol. The van der Waals surface area contributed by atoms with Gasteiger partial charge in [-0.2, -0.15) is 0 Å². The maximum Gasteiger partial charge on any atom is 0.188 e. The zero-order chi connectivity index (χ0) is 8.69. The molecule has 58 valence electrons. The van der Waals surface area contributed by atoms with Crippen LogP contribution in [0.2, 0.25) is 0 Å². The van der Waals surface area contributed by atoms with Gasteiger partial charge in [0, 0.05) is 0 Å². The summed E-state index contributed by atoms with van der Waals surface area (Å²) in [6.07, 6.45) is 6.29. The van der Waals surface area contributed by atoms with Crippen molar-refractivity contribution in [2.24, 2.45) is 0 Å². The van der Waals surface area contributed by atoms with Gasteiger partial charge < -0.3 is 5.11 Å². The first-order valence-corrected chi connectivity index (χ1v) is 3.06. The van der Waals surface area contributed by atoms with Gasteiger partial charge in [0.15, 0.2) is 5.78 Å². The minimum Gasteiger partial charge on any atom is -0.515 e. The fraction of sp³-hybridized carbons (Fsp3) is 0. The fourth-order valence-electron chi connectivity index (χ4n) is 0.469. The number of hydrogen-bond acceptors (Lipinski definition) is 2. The highest BCUT2D eigenvalue weighted by Crippen LogP contribution is 1.97. The van der Waals surface area contributed by atoms with Gasteiger partial charge in [0.25, 0.3) is 0 Å². The SMILES string of the molecule is C=C/C=C\C(=O)C(C=C)=CO. The first-order valence-electron chi connectivity index (χ1n) is 3.06. The van der Waals surface area contributed by atoms with E-state index < -0.39 is 0 Å². The summed E-state index contributed by atoms with van der Waals surface area (Å²) in [7, 11) is 0. The van der Waals surface area contributed by atoms with E-state index in [1.807, 2.05) is 0 Å². The van der Waals surface area contributed by atoms with Crippen LogP contribution in [0.1, 0.15) is 0 Å². The molecule has 0 saturated carbocycles. The maximum absolute atomic E-state index is 10.9. The van der Waals surface area contributed by atoms with Crippen molar-refractivity contribution in [1.82, 2.24) is 0 Å². The number of allylic oxidation sites excluding steroid dienone is 5. The lowest BCUT2D eigenvalue weighted by Crippen LogP contribution is -1.94. The third kappa shape index (κ3) is 3.20. The molecule has 2 nitrogen and oxygen atoms in total. The summed E-state index contributed by atoms with van der Waals surface area (Å²) in [5, 5.41) is 8.48. The van der Waals surface area contributed by atoms with Crippen LogP contribution in [0.25, 0.3) is 0 Å². The average Bonchev–Trinajstić information content (AvgIpc) is 2.03. The van der Waals surface area contributed by atoms with Crippen LogP contribution in [0.15, 0.2) is 49.3 Å². The molecule has 0 aliphatic carbocycles. The fourth-order valence-corrected chi connectivity index (χ4v) is 0.469. The summed E-state index contributed by atoms with van der Waals surface area (Å²) in [5.41, 5.74) is 0.170. The number of aliphatic hydroxyl groups is 1. The van der Waals surface area contributed by atoms with Crippen molar-refractivity contribution < 1.29 is 9.90 Å². The van der Waals surface area contributed by atoms with E-state index >= 15 is 0 Å². The Hall–Kier alpha value is -1.57. The van der Waals surface area contributed by atoms with E-state index in [4.69, 9.17) is 5.11 Å². The highest BCUT2D eigenvalue weighted by Gasteiger charge is 1.98. The lowest BCUT2D eigenvalue weighted by molar-refractivity contribution is -0.111. The minimum absolute atomic E-state index is 0.170. The standard InChI is InChI=1S/C9H10O2/c1-3-5-6-9(11)8(4-2)7-10/h3-7,10H,1-2H2/b6-5-,8-7?. The van der Waals surface area contributed by atoms with Crippen LogP contribution in [0.5, 0.6) is 0 Å². The van der Waals surface area contributed by atoms with Crippen LogP contribution >= 0.6 is 0 Å². The van der Waals surface area contributed by atoms with Crippen LogP contribution in [-0.2, 0) is 4.79 Å². The van der Waals surface area contributed by atoms with E-state index in [0.717, 1.165) is 6.26 Å². The molecule has 0 rings (SSSR count). The molecule has 1 N–H and O–H groups in total. The van der Waals surface area contributed by atoms with Gasteiger partial charge in [-0.05, 0) is 6.08 Å². The van der Waals surface area contributed by atoms with E-state index in [1.54, 1.807) is 0 Å². The molecule has 0 aromatic carbocycles. The van der Waals surface area contributed by atoms with E-state index in [-0.39, 0.29) is 11.4 Å². The summed E-state index contributed by atoms with van der Waals surface area (Å²) in [6, 6.07) is 0. The van der Waals surface area contributed by atoms with Crippen molar-refractivity contribution in [1.29, 1.82) is 0 Å². The Kier molecular flexibility index (Phi) is 4.49. The highest BCUT2D eigenvalue weighted by molar-refractivity contribution is 6.05. The summed E-state index contributed by atoms with van der Waals surface area (Å²) in [4.78, 5) is 10.9. The quantitative estimate of drug-likeness (QED) is 0.377. The van der Waals surface area contributed by atoms with Crippen LogP contribution in [0.4, 0.5) is 0 Å². The van der Waals surface area contributed by atoms with Gasteiger partial charge in [0.05, 0.1) is 11.8 Å². The van der Waals surface area contributed by atoms with Gasteiger partial charge in [-0.3, -0.25) is 4.79 Å². The van der Waals surface area contributed by atoms with Crippen molar-refractivity contribution in [2.45, 2.75) is 0 Å². The normalized spacial score (nSPS) is 11.5. The molecule has 0 aliphatic heterocycles. The largest absolute Gasteiger partial charge is 0.515 e. The summed E-state index contributed by atoms with van der Waals surface area (Å²) in [5.74, 6) is -0.289. The Labute approximate surface area is 65.9 Å². The molecular weight excluding hydrogens is 140 g/mol. The van der Waals surface area contributed by atoms with E-state index in [0.29, 0.717) is 0 Å². The Bertz CT molecular complexity index is 222.